The van der Waals surface area contributed by atoms with Gasteiger partial charge in [-0.1, -0.05) is 29.8 Å². The molecule has 0 aromatic heterocycles. The van der Waals surface area contributed by atoms with Gasteiger partial charge in [0.05, 0.1) is 10.6 Å². The molecule has 1 atom stereocenters. The van der Waals surface area contributed by atoms with Crippen molar-refractivity contribution < 1.29 is 13.2 Å². The summed E-state index contributed by atoms with van der Waals surface area (Å²) >= 11 is 5.90. The lowest BCUT2D eigenvalue weighted by Crippen LogP contribution is -2.35. The number of carbonyl (C=O) groups excluding carboxylic acids is 1. The van der Waals surface area contributed by atoms with Crippen molar-refractivity contribution in [3.05, 3.63) is 88.4 Å². The first-order chi connectivity index (χ1) is 14.9. The van der Waals surface area contributed by atoms with Crippen molar-refractivity contribution in [2.45, 2.75) is 30.7 Å². The molecule has 7 heteroatoms. The average Bonchev–Trinajstić information content (AvgIpc) is 3.33. The molecule has 1 amide bonds. The summed E-state index contributed by atoms with van der Waals surface area (Å²) in [5.74, 6) is -0.0562. The van der Waals surface area contributed by atoms with Crippen LogP contribution in [0, 0.1) is 0 Å². The fourth-order valence-electron chi connectivity index (χ4n) is 4.50. The fraction of sp³-hybridized carbons (Fsp3) is 0.208. The van der Waals surface area contributed by atoms with Crippen molar-refractivity contribution in [2.24, 2.45) is 0 Å². The Balaban J connectivity index is 1.46. The molecule has 3 aromatic rings. The highest BCUT2D eigenvalue weighted by Gasteiger charge is 2.34. The Labute approximate surface area is 186 Å². The molecule has 0 fully saturated rings. The van der Waals surface area contributed by atoms with E-state index in [4.69, 9.17) is 11.6 Å². The molecule has 5 rings (SSSR count). The van der Waals surface area contributed by atoms with Crippen molar-refractivity contribution >= 4 is 38.9 Å². The van der Waals surface area contributed by atoms with Crippen LogP contribution >= 0.6 is 11.6 Å². The highest BCUT2D eigenvalue weighted by molar-refractivity contribution is 7.92. The Bertz CT molecular complexity index is 1290. The van der Waals surface area contributed by atoms with Gasteiger partial charge in [-0.2, -0.15) is 0 Å². The van der Waals surface area contributed by atoms with Crippen molar-refractivity contribution in [3.8, 4) is 0 Å². The van der Waals surface area contributed by atoms with E-state index in [1.54, 1.807) is 24.3 Å². The molecule has 0 N–H and O–H groups in total. The largest absolute Gasteiger partial charge is 0.305 e. The Morgan fingerprint density at radius 1 is 0.968 bits per heavy atom. The Morgan fingerprint density at radius 3 is 2.48 bits per heavy atom. The lowest BCUT2D eigenvalue weighted by molar-refractivity contribution is 0.0981. The summed E-state index contributed by atoms with van der Waals surface area (Å²) in [6.45, 7) is 2.40. The minimum Gasteiger partial charge on any atom is -0.305 e. The molecular formula is C24H21ClN2O3S. The van der Waals surface area contributed by atoms with Gasteiger partial charge in [0.25, 0.3) is 15.9 Å². The monoisotopic (exact) mass is 452 g/mol. The van der Waals surface area contributed by atoms with E-state index in [9.17, 15) is 13.2 Å². The number of fused-ring (bicyclic) bond motifs is 2. The fourth-order valence-corrected chi connectivity index (χ4v) is 6.13. The number of halogens is 1. The summed E-state index contributed by atoms with van der Waals surface area (Å²) in [7, 11) is -3.69. The Hall–Kier alpha value is -2.83. The molecule has 5 nitrogen and oxygen atoms in total. The van der Waals surface area contributed by atoms with Crippen molar-refractivity contribution in [1.29, 1.82) is 0 Å². The van der Waals surface area contributed by atoms with Gasteiger partial charge in [-0.05, 0) is 79.4 Å². The number of hydrogen-bond acceptors (Lipinski definition) is 3. The minimum atomic E-state index is -3.69. The number of para-hydroxylation sites is 1. The van der Waals surface area contributed by atoms with Crippen LogP contribution in [0.4, 0.5) is 11.4 Å². The highest BCUT2D eigenvalue weighted by Crippen LogP contribution is 2.36. The molecule has 2 heterocycles. The molecule has 31 heavy (non-hydrogen) atoms. The SMILES string of the molecule is C[C@@H]1Cc2ccccc2N1C(=O)c1ccc2c(c1)CCN2S(=O)(=O)c1ccc(Cl)cc1. The molecule has 0 saturated heterocycles. The zero-order chi connectivity index (χ0) is 21.8. The summed E-state index contributed by atoms with van der Waals surface area (Å²) in [5.41, 5.74) is 4.19. The van der Waals surface area contributed by atoms with Crippen LogP contribution < -0.4 is 9.21 Å². The quantitative estimate of drug-likeness (QED) is 0.579. The minimum absolute atomic E-state index is 0.0562. The third kappa shape index (κ3) is 3.30. The smallest absolute Gasteiger partial charge is 0.264 e. The zero-order valence-electron chi connectivity index (χ0n) is 17.0. The number of benzene rings is 3. The van der Waals surface area contributed by atoms with E-state index in [1.807, 2.05) is 36.1 Å². The van der Waals surface area contributed by atoms with E-state index in [1.165, 1.54) is 22.0 Å². The van der Waals surface area contributed by atoms with Crippen molar-refractivity contribution in [1.82, 2.24) is 0 Å². The number of carbonyl (C=O) groups is 1. The standard InChI is InChI=1S/C24H21ClN2O3S/c1-16-14-17-4-2-3-5-23(17)27(16)24(28)19-6-11-22-18(15-19)12-13-26(22)31(29,30)21-9-7-20(25)8-10-21/h2-11,15-16H,12-14H2,1H3/t16-/m1/s1. The van der Waals surface area contributed by atoms with E-state index in [2.05, 4.69) is 6.07 Å². The van der Waals surface area contributed by atoms with Crippen LogP contribution in [-0.4, -0.2) is 26.9 Å². The van der Waals surface area contributed by atoms with E-state index < -0.39 is 10.0 Å². The first-order valence-electron chi connectivity index (χ1n) is 10.2. The van der Waals surface area contributed by atoms with Crippen LogP contribution in [0.5, 0.6) is 0 Å². The second-order valence-electron chi connectivity index (χ2n) is 7.98. The lowest BCUT2D eigenvalue weighted by Gasteiger charge is -2.23. The maximum absolute atomic E-state index is 13.3. The first kappa shape index (κ1) is 20.1. The van der Waals surface area contributed by atoms with Gasteiger partial charge < -0.3 is 4.90 Å². The summed E-state index contributed by atoms with van der Waals surface area (Å²) in [6, 6.07) is 19.5. The van der Waals surface area contributed by atoms with E-state index >= 15 is 0 Å². The molecule has 0 bridgehead atoms. The zero-order valence-corrected chi connectivity index (χ0v) is 18.5. The van der Waals surface area contributed by atoms with Gasteiger partial charge in [0.2, 0.25) is 0 Å². The van der Waals surface area contributed by atoms with Crippen LogP contribution in [-0.2, 0) is 22.9 Å². The molecule has 2 aliphatic rings. The summed E-state index contributed by atoms with van der Waals surface area (Å²) in [6.07, 6.45) is 1.40. The number of anilines is 2. The van der Waals surface area contributed by atoms with Crippen LogP contribution in [0.2, 0.25) is 5.02 Å². The van der Waals surface area contributed by atoms with Gasteiger partial charge in [-0.25, -0.2) is 8.42 Å². The molecule has 3 aromatic carbocycles. The third-order valence-electron chi connectivity index (χ3n) is 6.01. The predicted molar refractivity (Wildman–Crippen MR) is 123 cm³/mol. The van der Waals surface area contributed by atoms with Gasteiger partial charge in [-0.15, -0.1) is 0 Å². The van der Waals surface area contributed by atoms with Gasteiger partial charge in [-0.3, -0.25) is 9.10 Å². The van der Waals surface area contributed by atoms with Crippen molar-refractivity contribution in [3.63, 3.8) is 0 Å². The number of amides is 1. The predicted octanol–water partition coefficient (Wildman–Crippen LogP) is 4.68. The second kappa shape index (κ2) is 7.39. The van der Waals surface area contributed by atoms with Gasteiger partial charge in [0.1, 0.15) is 0 Å². The van der Waals surface area contributed by atoms with E-state index in [-0.39, 0.29) is 16.8 Å². The molecule has 0 aliphatic carbocycles. The van der Waals surface area contributed by atoms with Gasteiger partial charge >= 0.3 is 0 Å². The maximum Gasteiger partial charge on any atom is 0.264 e. The van der Waals surface area contributed by atoms with Crippen LogP contribution in [0.3, 0.4) is 0 Å². The molecule has 0 spiro atoms. The van der Waals surface area contributed by atoms with Crippen LogP contribution in [0.25, 0.3) is 0 Å². The number of sulfonamides is 1. The third-order valence-corrected chi connectivity index (χ3v) is 8.09. The molecular weight excluding hydrogens is 432 g/mol. The summed E-state index contributed by atoms with van der Waals surface area (Å²) < 4.78 is 27.7. The Kier molecular flexibility index (Phi) is 4.79. The summed E-state index contributed by atoms with van der Waals surface area (Å²) in [5, 5.41) is 0.488. The normalized spacial score (nSPS) is 17.5. The van der Waals surface area contributed by atoms with Crippen LogP contribution in [0.1, 0.15) is 28.4 Å². The topological polar surface area (TPSA) is 57.7 Å². The summed E-state index contributed by atoms with van der Waals surface area (Å²) in [4.78, 5) is 15.4. The molecule has 0 saturated carbocycles. The Morgan fingerprint density at radius 2 is 1.71 bits per heavy atom. The molecule has 158 valence electrons. The first-order valence-corrected chi connectivity index (χ1v) is 12.0. The maximum atomic E-state index is 13.3. The lowest BCUT2D eigenvalue weighted by atomic mass is 10.1. The second-order valence-corrected chi connectivity index (χ2v) is 10.3. The molecule has 0 radical (unpaired) electrons. The van der Waals surface area contributed by atoms with E-state index in [0.29, 0.717) is 29.2 Å². The van der Waals surface area contributed by atoms with Crippen molar-refractivity contribution in [2.75, 3.05) is 15.7 Å². The number of hydrogen-bond donors (Lipinski definition) is 0. The molecule has 0 unspecified atom stereocenters. The highest BCUT2D eigenvalue weighted by atomic mass is 35.5. The van der Waals surface area contributed by atoms with Gasteiger partial charge in [0.15, 0.2) is 0 Å². The molecule has 2 aliphatic heterocycles. The average molecular weight is 453 g/mol. The van der Waals surface area contributed by atoms with Crippen LogP contribution in [0.15, 0.2) is 71.6 Å². The number of nitrogens with zero attached hydrogens (tertiary/aromatic N) is 2. The van der Waals surface area contributed by atoms with Gasteiger partial charge in [0, 0.05) is 28.9 Å². The van der Waals surface area contributed by atoms with E-state index in [0.717, 1.165) is 17.7 Å². The number of rotatable bonds is 3.